The summed E-state index contributed by atoms with van der Waals surface area (Å²) in [6, 6.07) is 7.92. The summed E-state index contributed by atoms with van der Waals surface area (Å²) in [5.41, 5.74) is 9.69. The Morgan fingerprint density at radius 3 is 2.11 bits per heavy atom. The Balaban J connectivity index is 2.49. The second-order valence-electron chi connectivity index (χ2n) is 4.60. The minimum Gasteiger partial charge on any atom is -0.320 e. The maximum Gasteiger partial charge on any atom is 0.123 e. The fourth-order valence-electron chi connectivity index (χ4n) is 2.28. The molecule has 2 aromatic carbocycles. The van der Waals surface area contributed by atoms with E-state index in [0.29, 0.717) is 10.0 Å². The van der Waals surface area contributed by atoms with Crippen molar-refractivity contribution in [2.24, 2.45) is 5.73 Å². The number of aryl methyl sites for hydroxylation is 2. The molecular formula is C15H14Cl2FN. The molecule has 0 heterocycles. The van der Waals surface area contributed by atoms with Crippen LogP contribution in [0.25, 0.3) is 0 Å². The van der Waals surface area contributed by atoms with Gasteiger partial charge in [-0.1, -0.05) is 29.3 Å². The molecule has 19 heavy (non-hydrogen) atoms. The van der Waals surface area contributed by atoms with E-state index in [0.717, 1.165) is 22.3 Å². The number of hydrogen-bond donors (Lipinski definition) is 1. The van der Waals surface area contributed by atoms with Crippen molar-refractivity contribution < 1.29 is 4.39 Å². The summed E-state index contributed by atoms with van der Waals surface area (Å²) in [7, 11) is 0. The lowest BCUT2D eigenvalue weighted by Crippen LogP contribution is -2.15. The zero-order valence-corrected chi connectivity index (χ0v) is 12.2. The van der Waals surface area contributed by atoms with Crippen LogP contribution < -0.4 is 5.73 Å². The highest BCUT2D eigenvalue weighted by Gasteiger charge is 2.16. The van der Waals surface area contributed by atoms with Gasteiger partial charge in [-0.15, -0.1) is 0 Å². The Morgan fingerprint density at radius 1 is 1.00 bits per heavy atom. The average molecular weight is 298 g/mol. The Bertz CT molecular complexity index is 603. The molecule has 1 atom stereocenters. The third-order valence-corrected chi connectivity index (χ3v) is 3.91. The van der Waals surface area contributed by atoms with Crippen LogP contribution in [0.5, 0.6) is 0 Å². The predicted molar refractivity (Wildman–Crippen MR) is 78.4 cm³/mol. The Labute approximate surface area is 122 Å². The molecule has 0 aromatic heterocycles. The Hall–Kier alpha value is -1.09. The minimum atomic E-state index is -0.352. The third-order valence-electron chi connectivity index (χ3n) is 3.17. The molecule has 0 aliphatic heterocycles. The summed E-state index contributed by atoms with van der Waals surface area (Å²) in [4.78, 5) is 0. The molecule has 0 amide bonds. The van der Waals surface area contributed by atoms with Crippen molar-refractivity contribution in [3.05, 3.63) is 68.4 Å². The van der Waals surface area contributed by atoms with Crippen LogP contribution in [-0.4, -0.2) is 0 Å². The first-order chi connectivity index (χ1) is 8.90. The summed E-state index contributed by atoms with van der Waals surface area (Å²) >= 11 is 11.9. The van der Waals surface area contributed by atoms with Crippen molar-refractivity contribution in [1.29, 1.82) is 0 Å². The first-order valence-corrected chi connectivity index (χ1v) is 6.63. The highest BCUT2D eigenvalue weighted by Crippen LogP contribution is 2.30. The van der Waals surface area contributed by atoms with E-state index in [1.54, 1.807) is 12.1 Å². The van der Waals surface area contributed by atoms with Crippen molar-refractivity contribution in [2.75, 3.05) is 0 Å². The van der Waals surface area contributed by atoms with E-state index in [2.05, 4.69) is 0 Å². The van der Waals surface area contributed by atoms with Gasteiger partial charge >= 0.3 is 0 Å². The lowest BCUT2D eigenvalue weighted by atomic mass is 9.92. The van der Waals surface area contributed by atoms with Gasteiger partial charge in [0.2, 0.25) is 0 Å². The highest BCUT2D eigenvalue weighted by molar-refractivity contribution is 6.42. The number of hydrogen-bond acceptors (Lipinski definition) is 1. The summed E-state index contributed by atoms with van der Waals surface area (Å²) in [6.07, 6.45) is 0. The first-order valence-electron chi connectivity index (χ1n) is 5.87. The summed E-state index contributed by atoms with van der Waals surface area (Å²) < 4.78 is 13.3. The van der Waals surface area contributed by atoms with Gasteiger partial charge in [-0.3, -0.25) is 0 Å². The molecule has 2 N–H and O–H groups in total. The molecule has 2 aromatic rings. The van der Waals surface area contributed by atoms with E-state index in [-0.39, 0.29) is 11.9 Å². The molecule has 100 valence electrons. The smallest absolute Gasteiger partial charge is 0.123 e. The lowest BCUT2D eigenvalue weighted by molar-refractivity contribution is 0.623. The number of rotatable bonds is 2. The molecular weight excluding hydrogens is 284 g/mol. The fourth-order valence-corrected chi connectivity index (χ4v) is 2.59. The molecule has 0 fully saturated rings. The van der Waals surface area contributed by atoms with Crippen molar-refractivity contribution in [3.63, 3.8) is 0 Å². The van der Waals surface area contributed by atoms with Gasteiger partial charge in [0.15, 0.2) is 0 Å². The third kappa shape index (κ3) is 2.92. The van der Waals surface area contributed by atoms with Gasteiger partial charge in [-0.2, -0.15) is 0 Å². The van der Waals surface area contributed by atoms with E-state index >= 15 is 0 Å². The zero-order chi connectivity index (χ0) is 14.2. The van der Waals surface area contributed by atoms with E-state index in [1.165, 1.54) is 12.1 Å². The van der Waals surface area contributed by atoms with Crippen LogP contribution in [-0.2, 0) is 0 Å². The van der Waals surface area contributed by atoms with Gasteiger partial charge in [0, 0.05) is 0 Å². The number of halogens is 3. The van der Waals surface area contributed by atoms with Crippen LogP contribution in [0, 0.1) is 19.7 Å². The SMILES string of the molecule is Cc1cc(F)cc(C)c1C(N)c1ccc(Cl)c(Cl)c1. The van der Waals surface area contributed by atoms with Gasteiger partial charge in [0.1, 0.15) is 5.82 Å². The summed E-state index contributed by atoms with van der Waals surface area (Å²) in [5, 5.41) is 0.956. The highest BCUT2D eigenvalue weighted by atomic mass is 35.5. The van der Waals surface area contributed by atoms with Crippen molar-refractivity contribution in [3.8, 4) is 0 Å². The molecule has 1 unspecified atom stereocenters. The molecule has 2 rings (SSSR count). The number of nitrogens with two attached hydrogens (primary N) is 1. The van der Waals surface area contributed by atoms with Crippen LogP contribution in [0.4, 0.5) is 4.39 Å². The van der Waals surface area contributed by atoms with E-state index in [1.807, 2.05) is 19.9 Å². The molecule has 0 spiro atoms. The molecule has 0 saturated heterocycles. The second-order valence-corrected chi connectivity index (χ2v) is 5.42. The standard InChI is InChI=1S/C15H14Cl2FN/c1-8-5-11(18)6-9(2)14(8)15(19)10-3-4-12(16)13(17)7-10/h3-7,15H,19H2,1-2H3. The van der Waals surface area contributed by atoms with Gasteiger partial charge in [-0.05, 0) is 60.4 Å². The average Bonchev–Trinajstić information content (AvgIpc) is 2.31. The van der Waals surface area contributed by atoms with Crippen LogP contribution in [0.15, 0.2) is 30.3 Å². The quantitative estimate of drug-likeness (QED) is 0.847. The molecule has 0 radical (unpaired) electrons. The van der Waals surface area contributed by atoms with Crippen molar-refractivity contribution in [2.45, 2.75) is 19.9 Å². The normalized spacial score (nSPS) is 12.5. The van der Waals surface area contributed by atoms with E-state index in [4.69, 9.17) is 28.9 Å². The topological polar surface area (TPSA) is 26.0 Å². The van der Waals surface area contributed by atoms with Gasteiger partial charge in [0.25, 0.3) is 0 Å². The summed E-state index contributed by atoms with van der Waals surface area (Å²) in [5.74, 6) is -0.250. The first kappa shape index (κ1) is 14.3. The maximum absolute atomic E-state index is 13.3. The van der Waals surface area contributed by atoms with Crippen molar-refractivity contribution >= 4 is 23.2 Å². The monoisotopic (exact) mass is 297 g/mol. The zero-order valence-electron chi connectivity index (χ0n) is 10.7. The molecule has 1 nitrogen and oxygen atoms in total. The van der Waals surface area contributed by atoms with E-state index < -0.39 is 0 Å². The maximum atomic E-state index is 13.3. The largest absolute Gasteiger partial charge is 0.320 e. The lowest BCUT2D eigenvalue weighted by Gasteiger charge is -2.18. The summed E-state index contributed by atoms with van der Waals surface area (Å²) in [6.45, 7) is 3.70. The number of benzene rings is 2. The predicted octanol–water partition coefficient (Wildman–Crippen LogP) is 4.80. The Kier molecular flexibility index (Phi) is 4.14. The minimum absolute atomic E-state index is 0.250. The molecule has 0 aliphatic carbocycles. The molecule has 0 bridgehead atoms. The van der Waals surface area contributed by atoms with E-state index in [9.17, 15) is 4.39 Å². The van der Waals surface area contributed by atoms with Crippen LogP contribution in [0.3, 0.4) is 0 Å². The van der Waals surface area contributed by atoms with Gasteiger partial charge in [0.05, 0.1) is 16.1 Å². The van der Waals surface area contributed by atoms with Crippen molar-refractivity contribution in [1.82, 2.24) is 0 Å². The molecule has 0 aliphatic rings. The Morgan fingerprint density at radius 2 is 1.58 bits per heavy atom. The molecule has 4 heteroatoms. The van der Waals surface area contributed by atoms with Gasteiger partial charge in [-0.25, -0.2) is 4.39 Å². The van der Waals surface area contributed by atoms with Crippen LogP contribution >= 0.6 is 23.2 Å². The fraction of sp³-hybridized carbons (Fsp3) is 0.200. The second kappa shape index (κ2) is 5.49. The van der Waals surface area contributed by atoms with Crippen LogP contribution in [0.2, 0.25) is 10.0 Å². The molecule has 0 saturated carbocycles. The van der Waals surface area contributed by atoms with Gasteiger partial charge < -0.3 is 5.73 Å². The van der Waals surface area contributed by atoms with Crippen LogP contribution in [0.1, 0.15) is 28.3 Å².